The van der Waals surface area contributed by atoms with E-state index in [0.29, 0.717) is 6.54 Å². The van der Waals surface area contributed by atoms with Gasteiger partial charge in [-0.15, -0.1) is 0 Å². The zero-order valence-corrected chi connectivity index (χ0v) is 14.4. The first-order valence-electron chi connectivity index (χ1n) is 6.79. The van der Waals surface area contributed by atoms with Gasteiger partial charge in [0.15, 0.2) is 0 Å². The number of hydrogen-bond donors (Lipinski definition) is 1. The second kappa shape index (κ2) is 6.77. The summed E-state index contributed by atoms with van der Waals surface area (Å²) in [7, 11) is -3.54. The van der Waals surface area contributed by atoms with E-state index < -0.39 is 10.0 Å². The van der Waals surface area contributed by atoms with Crippen molar-refractivity contribution in [1.29, 1.82) is 0 Å². The first-order valence-corrected chi connectivity index (χ1v) is 9.78. The third-order valence-electron chi connectivity index (χ3n) is 3.96. The predicted octanol–water partition coefficient (Wildman–Crippen LogP) is 3.96. The van der Waals surface area contributed by atoms with Crippen LogP contribution in [-0.2, 0) is 10.0 Å². The molecule has 1 aliphatic carbocycles. The molecule has 0 bridgehead atoms. The van der Waals surface area contributed by atoms with Crippen LogP contribution in [0.4, 0.5) is 0 Å². The third kappa shape index (κ3) is 3.75. The lowest BCUT2D eigenvalue weighted by molar-refractivity contribution is 0.227. The van der Waals surface area contributed by atoms with Crippen molar-refractivity contribution in [3.05, 3.63) is 29.3 Å². The first kappa shape index (κ1) is 16.3. The van der Waals surface area contributed by atoms with Gasteiger partial charge in [-0.3, -0.25) is 0 Å². The molecule has 1 aliphatic rings. The van der Waals surface area contributed by atoms with Gasteiger partial charge in [0.25, 0.3) is 0 Å². The molecule has 1 N–H and O–H groups in total. The van der Waals surface area contributed by atoms with Gasteiger partial charge in [-0.05, 0) is 30.4 Å². The van der Waals surface area contributed by atoms with Crippen molar-refractivity contribution < 1.29 is 8.42 Å². The molecule has 0 heterocycles. The van der Waals surface area contributed by atoms with Gasteiger partial charge in [0, 0.05) is 11.9 Å². The summed E-state index contributed by atoms with van der Waals surface area (Å²) in [5, 5.41) is 1.09. The summed E-state index contributed by atoms with van der Waals surface area (Å²) in [6.07, 6.45) is 5.69. The average molecular weight is 381 g/mol. The fraction of sp³-hybridized carbons (Fsp3) is 0.571. The molecule has 0 spiro atoms. The summed E-state index contributed by atoms with van der Waals surface area (Å²) in [6.45, 7) is 0.464. The van der Waals surface area contributed by atoms with E-state index in [2.05, 4.69) is 20.7 Å². The number of benzene rings is 1. The van der Waals surface area contributed by atoms with Gasteiger partial charge in [0.2, 0.25) is 10.0 Å². The Morgan fingerprint density at radius 2 is 1.85 bits per heavy atom. The summed E-state index contributed by atoms with van der Waals surface area (Å²) in [5.41, 5.74) is 0.0343. The fourth-order valence-electron chi connectivity index (χ4n) is 2.65. The molecule has 1 saturated carbocycles. The van der Waals surface area contributed by atoms with Crippen LogP contribution in [0.15, 0.2) is 29.2 Å². The minimum atomic E-state index is -3.54. The van der Waals surface area contributed by atoms with Crippen molar-refractivity contribution in [3.63, 3.8) is 0 Å². The van der Waals surface area contributed by atoms with Gasteiger partial charge in [-0.2, -0.15) is 0 Å². The highest BCUT2D eigenvalue weighted by Gasteiger charge is 2.32. The normalized spacial score (nSPS) is 18.9. The Morgan fingerprint density at radius 3 is 2.45 bits per heavy atom. The lowest BCUT2D eigenvalue weighted by Crippen LogP contribution is -2.40. The van der Waals surface area contributed by atoms with Crippen LogP contribution < -0.4 is 4.72 Å². The van der Waals surface area contributed by atoms with Crippen molar-refractivity contribution in [2.24, 2.45) is 5.41 Å². The third-order valence-corrected chi connectivity index (χ3v) is 7.05. The molecule has 3 nitrogen and oxygen atoms in total. The standard InChI is InChI=1S/C14H19BrClNO2S/c15-10-14(8-4-1-5-9-14)11-17-20(18,19)13-7-3-2-6-12(13)16/h2-3,6-7,17H,1,4-5,8-11H2. The first-order chi connectivity index (χ1) is 9.49. The minimum Gasteiger partial charge on any atom is -0.211 e. The van der Waals surface area contributed by atoms with Gasteiger partial charge in [-0.25, -0.2) is 13.1 Å². The Kier molecular flexibility index (Phi) is 5.51. The Hall–Kier alpha value is -0.100. The molecule has 0 amide bonds. The van der Waals surface area contributed by atoms with E-state index in [1.54, 1.807) is 18.2 Å². The maximum Gasteiger partial charge on any atom is 0.242 e. The molecule has 1 fully saturated rings. The smallest absolute Gasteiger partial charge is 0.211 e. The Labute approximate surface area is 134 Å². The molecule has 0 atom stereocenters. The van der Waals surface area contributed by atoms with E-state index in [-0.39, 0.29) is 15.3 Å². The Morgan fingerprint density at radius 1 is 1.20 bits per heavy atom. The van der Waals surface area contributed by atoms with Crippen LogP contribution in [0.2, 0.25) is 5.02 Å². The van der Waals surface area contributed by atoms with Gasteiger partial charge in [0.1, 0.15) is 4.90 Å². The van der Waals surface area contributed by atoms with Crippen molar-refractivity contribution in [2.45, 2.75) is 37.0 Å². The van der Waals surface area contributed by atoms with Crippen LogP contribution >= 0.6 is 27.5 Å². The molecule has 0 radical (unpaired) electrons. The van der Waals surface area contributed by atoms with Crippen molar-refractivity contribution in [3.8, 4) is 0 Å². The van der Waals surface area contributed by atoms with Crippen LogP contribution in [-0.4, -0.2) is 20.3 Å². The van der Waals surface area contributed by atoms with E-state index in [0.717, 1.165) is 18.2 Å². The number of alkyl halides is 1. The lowest BCUT2D eigenvalue weighted by Gasteiger charge is -2.35. The summed E-state index contributed by atoms with van der Waals surface area (Å²) >= 11 is 9.52. The number of nitrogens with one attached hydrogen (secondary N) is 1. The van der Waals surface area contributed by atoms with E-state index >= 15 is 0 Å². The molecule has 1 aromatic carbocycles. The summed E-state index contributed by atoms with van der Waals surface area (Å²) in [6, 6.07) is 6.53. The SMILES string of the molecule is O=S(=O)(NCC1(CBr)CCCCC1)c1ccccc1Cl. The number of halogens is 2. The molecule has 20 heavy (non-hydrogen) atoms. The van der Waals surface area contributed by atoms with Crippen molar-refractivity contribution in [1.82, 2.24) is 4.72 Å². The quantitative estimate of drug-likeness (QED) is 0.786. The van der Waals surface area contributed by atoms with E-state index in [4.69, 9.17) is 11.6 Å². The highest BCUT2D eigenvalue weighted by molar-refractivity contribution is 9.09. The van der Waals surface area contributed by atoms with Crippen molar-refractivity contribution in [2.75, 3.05) is 11.9 Å². The van der Waals surface area contributed by atoms with Crippen LogP contribution in [0, 0.1) is 5.41 Å². The number of hydrogen-bond acceptors (Lipinski definition) is 2. The van der Waals surface area contributed by atoms with Crippen molar-refractivity contribution >= 4 is 37.6 Å². The molecule has 2 rings (SSSR count). The van der Waals surface area contributed by atoms with Gasteiger partial charge in [-0.1, -0.05) is 58.9 Å². The topological polar surface area (TPSA) is 46.2 Å². The largest absolute Gasteiger partial charge is 0.242 e. The molecule has 0 aromatic heterocycles. The molecular formula is C14H19BrClNO2S. The highest BCUT2D eigenvalue weighted by atomic mass is 79.9. The fourth-order valence-corrected chi connectivity index (χ4v) is 5.08. The summed E-state index contributed by atoms with van der Waals surface area (Å²) in [4.78, 5) is 0.155. The molecule has 0 aliphatic heterocycles. The second-order valence-electron chi connectivity index (χ2n) is 5.45. The highest BCUT2D eigenvalue weighted by Crippen LogP contribution is 2.37. The number of rotatable bonds is 5. The van der Waals surface area contributed by atoms with Crippen LogP contribution in [0.3, 0.4) is 0 Å². The Balaban J connectivity index is 2.11. The zero-order chi connectivity index (χ0) is 14.6. The maximum atomic E-state index is 12.3. The van der Waals surface area contributed by atoms with Gasteiger partial charge in [0.05, 0.1) is 5.02 Å². The maximum absolute atomic E-state index is 12.3. The van der Waals surface area contributed by atoms with Crippen LogP contribution in [0.1, 0.15) is 32.1 Å². The minimum absolute atomic E-state index is 0.0343. The molecular weight excluding hydrogens is 362 g/mol. The molecule has 0 unspecified atom stereocenters. The molecule has 1 aromatic rings. The zero-order valence-electron chi connectivity index (χ0n) is 11.2. The second-order valence-corrected chi connectivity index (χ2v) is 8.15. The molecule has 112 valence electrons. The predicted molar refractivity (Wildman–Crippen MR) is 86.0 cm³/mol. The van der Waals surface area contributed by atoms with Gasteiger partial charge < -0.3 is 0 Å². The monoisotopic (exact) mass is 379 g/mol. The van der Waals surface area contributed by atoms with Crippen LogP contribution in [0.25, 0.3) is 0 Å². The average Bonchev–Trinajstić information content (AvgIpc) is 2.47. The van der Waals surface area contributed by atoms with E-state index in [9.17, 15) is 8.42 Å². The lowest BCUT2D eigenvalue weighted by atomic mass is 9.76. The summed E-state index contributed by atoms with van der Waals surface area (Å²) in [5.74, 6) is 0. The van der Waals surface area contributed by atoms with E-state index in [1.165, 1.54) is 25.3 Å². The molecule has 0 saturated heterocycles. The molecule has 6 heteroatoms. The number of sulfonamides is 1. The summed E-state index contributed by atoms with van der Waals surface area (Å²) < 4.78 is 27.4. The Bertz CT molecular complexity index is 556. The van der Waals surface area contributed by atoms with E-state index in [1.807, 2.05) is 0 Å². The van der Waals surface area contributed by atoms with Gasteiger partial charge >= 0.3 is 0 Å². The van der Waals surface area contributed by atoms with Crippen LogP contribution in [0.5, 0.6) is 0 Å².